The van der Waals surface area contributed by atoms with Gasteiger partial charge in [0.05, 0.1) is 17.2 Å². The van der Waals surface area contributed by atoms with Crippen molar-refractivity contribution < 1.29 is 22.8 Å². The number of anilines is 2. The van der Waals surface area contributed by atoms with E-state index in [-0.39, 0.29) is 39.8 Å². The Morgan fingerprint density at radius 1 is 1.20 bits per heavy atom. The van der Waals surface area contributed by atoms with Gasteiger partial charge in [-0.15, -0.1) is 0 Å². The fraction of sp³-hybridized carbons (Fsp3) is 0.583. The molecule has 0 bridgehead atoms. The summed E-state index contributed by atoms with van der Waals surface area (Å²) in [5.74, 6) is -0.356. The van der Waals surface area contributed by atoms with E-state index in [1.807, 2.05) is 0 Å². The van der Waals surface area contributed by atoms with Crippen LogP contribution in [0.3, 0.4) is 0 Å². The van der Waals surface area contributed by atoms with Gasteiger partial charge in [0.1, 0.15) is 11.4 Å². The van der Waals surface area contributed by atoms with Crippen molar-refractivity contribution >= 4 is 17.2 Å². The number of nitro groups is 1. The standard InChI is InChI=1S/C24H30F3N5O3/c1-31(13-23(14-35-2)8-4-3-5-9-23)19-12-18(30-22(28)21(19)32(33)34)16-10-17(15-6-7-15)29-20(11-16)24(25,26)27/h10-12,15H,3-9,13-14H2,1-2H3,(H2,28,30). The van der Waals surface area contributed by atoms with E-state index < -0.39 is 16.8 Å². The Morgan fingerprint density at radius 2 is 1.89 bits per heavy atom. The van der Waals surface area contributed by atoms with Crippen molar-refractivity contribution in [2.45, 2.75) is 57.0 Å². The minimum absolute atomic E-state index is 0.0196. The molecule has 190 valence electrons. The van der Waals surface area contributed by atoms with Crippen LogP contribution in [-0.4, -0.2) is 42.2 Å². The Kier molecular flexibility index (Phi) is 6.90. The summed E-state index contributed by atoms with van der Waals surface area (Å²) in [6.45, 7) is 1.00. The van der Waals surface area contributed by atoms with E-state index >= 15 is 0 Å². The molecule has 0 unspecified atom stereocenters. The average molecular weight is 494 g/mol. The van der Waals surface area contributed by atoms with Crippen molar-refractivity contribution in [3.8, 4) is 11.3 Å². The molecular weight excluding hydrogens is 463 g/mol. The molecule has 0 aromatic carbocycles. The summed E-state index contributed by atoms with van der Waals surface area (Å²) in [6, 6.07) is 3.97. The van der Waals surface area contributed by atoms with Crippen LogP contribution in [0.25, 0.3) is 11.3 Å². The molecule has 0 atom stereocenters. The molecule has 35 heavy (non-hydrogen) atoms. The molecule has 2 aliphatic rings. The van der Waals surface area contributed by atoms with E-state index in [9.17, 15) is 23.3 Å². The molecule has 2 fully saturated rings. The zero-order valence-electron chi connectivity index (χ0n) is 19.9. The number of nitrogens with two attached hydrogens (primary N) is 1. The molecule has 2 heterocycles. The predicted octanol–water partition coefficient (Wildman–Crippen LogP) is 5.56. The van der Waals surface area contributed by atoms with Gasteiger partial charge in [-0.2, -0.15) is 13.2 Å². The lowest BCUT2D eigenvalue weighted by molar-refractivity contribution is -0.383. The van der Waals surface area contributed by atoms with Gasteiger partial charge in [-0.05, 0) is 43.9 Å². The van der Waals surface area contributed by atoms with Gasteiger partial charge in [0.15, 0.2) is 0 Å². The molecule has 4 rings (SSSR count). The number of pyridine rings is 2. The summed E-state index contributed by atoms with van der Waals surface area (Å²) in [6.07, 6.45) is 2.01. The molecular formula is C24H30F3N5O3. The average Bonchev–Trinajstić information content (AvgIpc) is 3.63. The molecule has 0 spiro atoms. The number of methoxy groups -OCH3 is 1. The summed E-state index contributed by atoms with van der Waals surface area (Å²) in [5.41, 5.74) is 5.39. The number of nitrogen functional groups attached to an aromatic ring is 1. The first-order valence-corrected chi connectivity index (χ1v) is 11.8. The highest BCUT2D eigenvalue weighted by Gasteiger charge is 2.37. The van der Waals surface area contributed by atoms with Crippen LogP contribution in [-0.2, 0) is 10.9 Å². The Balaban J connectivity index is 1.78. The number of nitrogens with zero attached hydrogens (tertiary/aromatic N) is 4. The molecule has 0 radical (unpaired) electrons. The lowest BCUT2D eigenvalue weighted by Gasteiger charge is -2.40. The van der Waals surface area contributed by atoms with Crippen LogP contribution in [0.2, 0.25) is 0 Å². The zero-order chi connectivity index (χ0) is 25.4. The van der Waals surface area contributed by atoms with E-state index in [4.69, 9.17) is 10.5 Å². The first kappa shape index (κ1) is 25.2. The van der Waals surface area contributed by atoms with Gasteiger partial charge in [-0.25, -0.2) is 9.97 Å². The second-order valence-corrected chi connectivity index (χ2v) is 9.81. The summed E-state index contributed by atoms with van der Waals surface area (Å²) in [4.78, 5) is 21.0. The van der Waals surface area contributed by atoms with E-state index in [1.165, 1.54) is 6.07 Å². The van der Waals surface area contributed by atoms with Crippen LogP contribution < -0.4 is 10.6 Å². The van der Waals surface area contributed by atoms with Gasteiger partial charge in [-0.1, -0.05) is 19.3 Å². The fourth-order valence-electron chi connectivity index (χ4n) is 5.15. The van der Waals surface area contributed by atoms with Crippen molar-refractivity contribution in [3.05, 3.63) is 39.7 Å². The van der Waals surface area contributed by atoms with Crippen LogP contribution in [0.4, 0.5) is 30.4 Å². The zero-order valence-corrected chi connectivity index (χ0v) is 19.9. The number of ether oxygens (including phenoxy) is 1. The molecule has 2 saturated carbocycles. The molecule has 11 heteroatoms. The summed E-state index contributed by atoms with van der Waals surface area (Å²) in [7, 11) is 3.38. The molecule has 2 aromatic rings. The van der Waals surface area contributed by atoms with Crippen LogP contribution >= 0.6 is 0 Å². The molecule has 0 aliphatic heterocycles. The van der Waals surface area contributed by atoms with Crippen LogP contribution in [0, 0.1) is 15.5 Å². The van der Waals surface area contributed by atoms with Gasteiger partial charge in [-0.3, -0.25) is 10.1 Å². The van der Waals surface area contributed by atoms with Gasteiger partial charge in [0, 0.05) is 43.3 Å². The van der Waals surface area contributed by atoms with Crippen LogP contribution in [0.5, 0.6) is 0 Å². The lowest BCUT2D eigenvalue weighted by atomic mass is 9.74. The molecule has 0 saturated heterocycles. The largest absolute Gasteiger partial charge is 0.433 e. The number of alkyl halides is 3. The van der Waals surface area contributed by atoms with Gasteiger partial charge in [0.2, 0.25) is 5.82 Å². The number of hydrogen-bond acceptors (Lipinski definition) is 7. The topological polar surface area (TPSA) is 107 Å². The highest BCUT2D eigenvalue weighted by Crippen LogP contribution is 2.44. The van der Waals surface area contributed by atoms with Crippen molar-refractivity contribution in [2.24, 2.45) is 5.41 Å². The number of rotatable bonds is 8. The Morgan fingerprint density at radius 3 is 2.46 bits per heavy atom. The minimum atomic E-state index is -4.63. The summed E-state index contributed by atoms with van der Waals surface area (Å²) >= 11 is 0. The van der Waals surface area contributed by atoms with Gasteiger partial charge < -0.3 is 15.4 Å². The maximum atomic E-state index is 13.6. The van der Waals surface area contributed by atoms with E-state index in [2.05, 4.69) is 9.97 Å². The fourth-order valence-corrected chi connectivity index (χ4v) is 5.15. The predicted molar refractivity (Wildman–Crippen MR) is 126 cm³/mol. The summed E-state index contributed by atoms with van der Waals surface area (Å²) < 4.78 is 46.2. The molecule has 0 amide bonds. The van der Waals surface area contributed by atoms with Gasteiger partial charge >= 0.3 is 11.9 Å². The third-order valence-corrected chi connectivity index (χ3v) is 6.96. The number of aromatic nitrogens is 2. The van der Waals surface area contributed by atoms with E-state index in [1.54, 1.807) is 25.1 Å². The number of hydrogen-bond donors (Lipinski definition) is 1. The molecule has 2 aromatic heterocycles. The normalized spacial score (nSPS) is 17.9. The first-order chi connectivity index (χ1) is 16.5. The second kappa shape index (κ2) is 9.60. The Labute approximate surface area is 201 Å². The van der Waals surface area contributed by atoms with E-state index in [0.29, 0.717) is 18.8 Å². The van der Waals surface area contributed by atoms with Crippen LogP contribution in [0.15, 0.2) is 18.2 Å². The SMILES string of the molecule is COCC1(CN(C)c2cc(-c3cc(C4CC4)nc(C(F)(F)F)c3)nc(N)c2[N+](=O)[O-])CCCCC1. The monoisotopic (exact) mass is 493 g/mol. The highest BCUT2D eigenvalue weighted by atomic mass is 19.4. The van der Waals surface area contributed by atoms with E-state index in [0.717, 1.165) is 51.0 Å². The molecule has 8 nitrogen and oxygen atoms in total. The molecule has 2 aliphatic carbocycles. The Bertz CT molecular complexity index is 1090. The van der Waals surface area contributed by atoms with Crippen LogP contribution in [0.1, 0.15) is 62.3 Å². The van der Waals surface area contributed by atoms with Gasteiger partial charge in [0.25, 0.3) is 0 Å². The van der Waals surface area contributed by atoms with Crippen molar-refractivity contribution in [2.75, 3.05) is 37.9 Å². The van der Waals surface area contributed by atoms with Crippen molar-refractivity contribution in [3.63, 3.8) is 0 Å². The quantitative estimate of drug-likeness (QED) is 0.379. The lowest BCUT2D eigenvalue weighted by Crippen LogP contribution is -2.41. The highest BCUT2D eigenvalue weighted by molar-refractivity contribution is 5.79. The first-order valence-electron chi connectivity index (χ1n) is 11.8. The van der Waals surface area contributed by atoms with Crippen molar-refractivity contribution in [1.82, 2.24) is 9.97 Å². The minimum Gasteiger partial charge on any atom is -0.384 e. The Hall–Kier alpha value is -2.95. The smallest absolute Gasteiger partial charge is 0.384 e. The second-order valence-electron chi connectivity index (χ2n) is 9.81. The third-order valence-electron chi connectivity index (χ3n) is 6.96. The third kappa shape index (κ3) is 5.50. The van der Waals surface area contributed by atoms with Crippen molar-refractivity contribution in [1.29, 1.82) is 0 Å². The maximum Gasteiger partial charge on any atom is 0.433 e. The number of halogens is 3. The maximum absolute atomic E-state index is 13.6. The summed E-state index contributed by atoms with van der Waals surface area (Å²) in [5, 5.41) is 11.9. The molecule has 2 N–H and O–H groups in total.